The van der Waals surface area contributed by atoms with Crippen molar-refractivity contribution in [2.75, 3.05) is 13.1 Å². The van der Waals surface area contributed by atoms with E-state index in [9.17, 15) is 8.78 Å². The minimum absolute atomic E-state index is 0.102. The lowest BCUT2D eigenvalue weighted by molar-refractivity contribution is 0.362. The standard InChI is InChI=1S/C12H15F2NO/c13-11-6-9(16)7-12(14)10(11)5-8-1-3-15-4-2-8/h6-8,15-16H,1-5H2. The summed E-state index contributed by atoms with van der Waals surface area (Å²) in [5, 5.41) is 12.2. The van der Waals surface area contributed by atoms with Crippen LogP contribution in [-0.2, 0) is 6.42 Å². The maximum Gasteiger partial charge on any atom is 0.133 e. The molecule has 0 aromatic heterocycles. The topological polar surface area (TPSA) is 32.3 Å². The van der Waals surface area contributed by atoms with Gasteiger partial charge in [-0.25, -0.2) is 8.78 Å². The highest BCUT2D eigenvalue weighted by molar-refractivity contribution is 5.29. The third-order valence-corrected chi connectivity index (χ3v) is 3.08. The Bertz CT molecular complexity index is 352. The molecule has 4 heteroatoms. The van der Waals surface area contributed by atoms with Crippen molar-refractivity contribution in [3.05, 3.63) is 29.3 Å². The first-order valence-corrected chi connectivity index (χ1v) is 5.54. The third kappa shape index (κ3) is 2.50. The second-order valence-electron chi connectivity index (χ2n) is 4.29. The molecule has 16 heavy (non-hydrogen) atoms. The van der Waals surface area contributed by atoms with Crippen LogP contribution in [0.15, 0.2) is 12.1 Å². The summed E-state index contributed by atoms with van der Waals surface area (Å²) in [4.78, 5) is 0. The van der Waals surface area contributed by atoms with Gasteiger partial charge in [-0.2, -0.15) is 0 Å². The Labute approximate surface area is 93.3 Å². The molecule has 0 unspecified atom stereocenters. The fourth-order valence-corrected chi connectivity index (χ4v) is 2.16. The van der Waals surface area contributed by atoms with Gasteiger partial charge in [0.1, 0.15) is 17.4 Å². The van der Waals surface area contributed by atoms with Crippen LogP contribution in [0.5, 0.6) is 5.75 Å². The fourth-order valence-electron chi connectivity index (χ4n) is 2.16. The third-order valence-electron chi connectivity index (χ3n) is 3.08. The Balaban J connectivity index is 2.14. The molecule has 0 bridgehead atoms. The average molecular weight is 227 g/mol. The van der Waals surface area contributed by atoms with Crippen LogP contribution in [0.3, 0.4) is 0 Å². The van der Waals surface area contributed by atoms with Crippen molar-refractivity contribution in [3.63, 3.8) is 0 Å². The van der Waals surface area contributed by atoms with Crippen LogP contribution in [0.4, 0.5) is 8.78 Å². The molecule has 2 nitrogen and oxygen atoms in total. The Hall–Kier alpha value is -1.16. The largest absolute Gasteiger partial charge is 0.508 e. The number of piperidine rings is 1. The lowest BCUT2D eigenvalue weighted by Gasteiger charge is -2.22. The van der Waals surface area contributed by atoms with E-state index in [-0.39, 0.29) is 11.3 Å². The molecule has 1 aliphatic heterocycles. The highest BCUT2D eigenvalue weighted by Gasteiger charge is 2.18. The van der Waals surface area contributed by atoms with Gasteiger partial charge in [0.15, 0.2) is 0 Å². The molecule has 0 spiro atoms. The summed E-state index contributed by atoms with van der Waals surface area (Å²) >= 11 is 0. The second-order valence-corrected chi connectivity index (χ2v) is 4.29. The van der Waals surface area contributed by atoms with Crippen LogP contribution >= 0.6 is 0 Å². The van der Waals surface area contributed by atoms with E-state index in [0.29, 0.717) is 12.3 Å². The molecule has 0 radical (unpaired) electrons. The second kappa shape index (κ2) is 4.78. The van der Waals surface area contributed by atoms with E-state index in [4.69, 9.17) is 5.11 Å². The van der Waals surface area contributed by atoms with E-state index < -0.39 is 11.6 Å². The molecule has 0 amide bonds. The summed E-state index contributed by atoms with van der Waals surface area (Å²) in [5.41, 5.74) is 0.102. The van der Waals surface area contributed by atoms with Gasteiger partial charge >= 0.3 is 0 Å². The number of phenolic OH excluding ortho intramolecular Hbond substituents is 1. The molecule has 2 rings (SSSR count). The quantitative estimate of drug-likeness (QED) is 0.812. The monoisotopic (exact) mass is 227 g/mol. The van der Waals surface area contributed by atoms with Gasteiger partial charge in [0.25, 0.3) is 0 Å². The van der Waals surface area contributed by atoms with Gasteiger partial charge in [-0.1, -0.05) is 0 Å². The SMILES string of the molecule is Oc1cc(F)c(CC2CCNCC2)c(F)c1. The number of nitrogens with one attached hydrogen (secondary N) is 1. The highest BCUT2D eigenvalue weighted by atomic mass is 19.1. The molecular weight excluding hydrogens is 212 g/mol. The number of hydrogen-bond acceptors (Lipinski definition) is 2. The summed E-state index contributed by atoms with van der Waals surface area (Å²) in [6, 6.07) is 1.94. The van der Waals surface area contributed by atoms with Gasteiger partial charge in [0.05, 0.1) is 0 Å². The van der Waals surface area contributed by atoms with Gasteiger partial charge in [-0.3, -0.25) is 0 Å². The van der Waals surface area contributed by atoms with E-state index in [1.165, 1.54) is 0 Å². The predicted octanol–water partition coefficient (Wildman–Crippen LogP) is 2.21. The normalized spacial score (nSPS) is 17.6. The summed E-state index contributed by atoms with van der Waals surface area (Å²) in [6.45, 7) is 1.82. The summed E-state index contributed by atoms with van der Waals surface area (Å²) in [7, 11) is 0. The van der Waals surface area contributed by atoms with Crippen molar-refractivity contribution in [2.45, 2.75) is 19.3 Å². The van der Waals surface area contributed by atoms with Gasteiger partial charge in [0, 0.05) is 17.7 Å². The number of benzene rings is 1. The first-order chi connectivity index (χ1) is 7.66. The van der Waals surface area contributed by atoms with E-state index in [1.54, 1.807) is 0 Å². The molecular formula is C12H15F2NO. The summed E-state index contributed by atoms with van der Waals surface area (Å²) < 4.78 is 26.9. The van der Waals surface area contributed by atoms with Crippen LogP contribution < -0.4 is 5.32 Å². The molecule has 88 valence electrons. The van der Waals surface area contributed by atoms with Crippen molar-refractivity contribution in [1.82, 2.24) is 5.32 Å². The lowest BCUT2D eigenvalue weighted by Crippen LogP contribution is -2.29. The van der Waals surface area contributed by atoms with E-state index in [1.807, 2.05) is 0 Å². The van der Waals surface area contributed by atoms with E-state index in [2.05, 4.69) is 5.32 Å². The number of halogens is 2. The first-order valence-electron chi connectivity index (χ1n) is 5.54. The molecule has 1 aromatic rings. The summed E-state index contributed by atoms with van der Waals surface area (Å²) in [5.74, 6) is -1.31. The zero-order valence-corrected chi connectivity index (χ0v) is 8.97. The Morgan fingerprint density at radius 2 is 1.75 bits per heavy atom. The van der Waals surface area contributed by atoms with Crippen molar-refractivity contribution in [1.29, 1.82) is 0 Å². The van der Waals surface area contributed by atoms with Crippen LogP contribution in [0.25, 0.3) is 0 Å². The minimum atomic E-state index is -0.643. The number of hydrogen-bond donors (Lipinski definition) is 2. The van der Waals surface area contributed by atoms with Crippen molar-refractivity contribution in [2.24, 2.45) is 5.92 Å². The molecule has 1 heterocycles. The zero-order valence-electron chi connectivity index (χ0n) is 8.97. The van der Waals surface area contributed by atoms with Crippen LogP contribution in [-0.4, -0.2) is 18.2 Å². The van der Waals surface area contributed by atoms with Crippen molar-refractivity contribution in [3.8, 4) is 5.75 Å². The highest BCUT2D eigenvalue weighted by Crippen LogP contribution is 2.25. The maximum absolute atomic E-state index is 13.5. The Kier molecular flexibility index (Phi) is 3.39. The molecule has 1 aromatic carbocycles. The maximum atomic E-state index is 13.5. The number of rotatable bonds is 2. The van der Waals surface area contributed by atoms with Gasteiger partial charge in [-0.05, 0) is 38.3 Å². The zero-order chi connectivity index (χ0) is 11.5. The van der Waals surface area contributed by atoms with E-state index >= 15 is 0 Å². The first kappa shape index (κ1) is 11.3. The fraction of sp³-hybridized carbons (Fsp3) is 0.500. The smallest absolute Gasteiger partial charge is 0.133 e. The van der Waals surface area contributed by atoms with Crippen LogP contribution in [0, 0.1) is 17.6 Å². The van der Waals surface area contributed by atoms with Gasteiger partial charge < -0.3 is 10.4 Å². The van der Waals surface area contributed by atoms with Gasteiger partial charge in [0.2, 0.25) is 0 Å². The number of phenols is 1. The molecule has 0 atom stereocenters. The van der Waals surface area contributed by atoms with Crippen LogP contribution in [0.2, 0.25) is 0 Å². The lowest BCUT2D eigenvalue weighted by atomic mass is 9.90. The molecule has 2 N–H and O–H groups in total. The van der Waals surface area contributed by atoms with E-state index in [0.717, 1.165) is 38.1 Å². The minimum Gasteiger partial charge on any atom is -0.508 e. The molecule has 1 saturated heterocycles. The Morgan fingerprint density at radius 1 is 1.19 bits per heavy atom. The molecule has 1 fully saturated rings. The van der Waals surface area contributed by atoms with Crippen molar-refractivity contribution < 1.29 is 13.9 Å². The Morgan fingerprint density at radius 3 is 2.31 bits per heavy atom. The molecule has 0 aliphatic carbocycles. The van der Waals surface area contributed by atoms with Crippen LogP contribution in [0.1, 0.15) is 18.4 Å². The molecule has 0 saturated carbocycles. The molecule has 1 aliphatic rings. The number of aromatic hydroxyl groups is 1. The van der Waals surface area contributed by atoms with Crippen molar-refractivity contribution >= 4 is 0 Å². The average Bonchev–Trinajstić information content (AvgIpc) is 2.25. The predicted molar refractivity (Wildman–Crippen MR) is 57.3 cm³/mol. The summed E-state index contributed by atoms with van der Waals surface area (Å²) in [6.07, 6.45) is 2.30. The van der Waals surface area contributed by atoms with Gasteiger partial charge in [-0.15, -0.1) is 0 Å².